The minimum Gasteiger partial charge on any atom is -0.433 e. The van der Waals surface area contributed by atoms with E-state index in [0.29, 0.717) is 17.5 Å². The second kappa shape index (κ2) is 6.54. The maximum absolute atomic E-state index is 12.9. The number of anilines is 1. The summed E-state index contributed by atoms with van der Waals surface area (Å²) in [6, 6.07) is 12.1. The summed E-state index contributed by atoms with van der Waals surface area (Å²) < 4.78 is 5.45. The molecule has 0 unspecified atom stereocenters. The molecular weight excluding hydrogens is 344 g/mol. The molecule has 0 aromatic heterocycles. The molecule has 6 heteroatoms. The molecule has 2 aromatic carbocycles. The van der Waals surface area contributed by atoms with Crippen LogP contribution in [0.1, 0.15) is 46.1 Å². The van der Waals surface area contributed by atoms with Crippen LogP contribution in [0, 0.1) is 13.8 Å². The van der Waals surface area contributed by atoms with Crippen LogP contribution in [0.3, 0.4) is 0 Å². The number of cyclic esters (lactones) is 1. The molecule has 2 atom stereocenters. The first-order chi connectivity index (χ1) is 13.0. The number of rotatable bonds is 3. The molecule has 0 aliphatic carbocycles. The number of carbonyl (C=O) groups is 3. The van der Waals surface area contributed by atoms with Gasteiger partial charge in [0.25, 0.3) is 0 Å². The van der Waals surface area contributed by atoms with Gasteiger partial charge in [0.2, 0.25) is 18.0 Å². The molecule has 0 saturated carbocycles. The van der Waals surface area contributed by atoms with Crippen LogP contribution in [0.25, 0.3) is 0 Å². The first kappa shape index (κ1) is 17.3. The van der Waals surface area contributed by atoms with E-state index in [1.807, 2.05) is 32.0 Å². The molecule has 2 aromatic rings. The van der Waals surface area contributed by atoms with E-state index in [0.717, 1.165) is 16.8 Å². The van der Waals surface area contributed by atoms with Crippen LogP contribution in [-0.4, -0.2) is 28.7 Å². The molecule has 1 saturated heterocycles. The van der Waals surface area contributed by atoms with Gasteiger partial charge in [0.05, 0.1) is 5.56 Å². The molecule has 1 fully saturated rings. The molecule has 2 aliphatic rings. The van der Waals surface area contributed by atoms with Gasteiger partial charge in [-0.25, -0.2) is 4.79 Å². The van der Waals surface area contributed by atoms with Crippen molar-refractivity contribution in [1.82, 2.24) is 4.90 Å². The zero-order valence-corrected chi connectivity index (χ0v) is 15.2. The van der Waals surface area contributed by atoms with Crippen LogP contribution in [0.4, 0.5) is 5.69 Å². The van der Waals surface area contributed by atoms with Crippen LogP contribution in [-0.2, 0) is 14.3 Å². The van der Waals surface area contributed by atoms with E-state index >= 15 is 0 Å². The minimum absolute atomic E-state index is 0.189. The summed E-state index contributed by atoms with van der Waals surface area (Å²) in [6.07, 6.45) is -0.203. The highest BCUT2D eigenvalue weighted by Crippen LogP contribution is 2.38. The molecule has 0 radical (unpaired) electrons. The van der Waals surface area contributed by atoms with Crippen molar-refractivity contribution in [2.75, 3.05) is 5.32 Å². The lowest BCUT2D eigenvalue weighted by Crippen LogP contribution is -2.44. The fourth-order valence-electron chi connectivity index (χ4n) is 3.67. The first-order valence-electron chi connectivity index (χ1n) is 8.95. The van der Waals surface area contributed by atoms with E-state index in [9.17, 15) is 14.4 Å². The third kappa shape index (κ3) is 2.97. The Morgan fingerprint density at radius 3 is 2.74 bits per heavy atom. The van der Waals surface area contributed by atoms with Crippen molar-refractivity contribution in [2.45, 2.75) is 39.0 Å². The summed E-state index contributed by atoms with van der Waals surface area (Å²) >= 11 is 0. The van der Waals surface area contributed by atoms with Gasteiger partial charge in [-0.05, 0) is 43.5 Å². The number of esters is 1. The topological polar surface area (TPSA) is 75.7 Å². The summed E-state index contributed by atoms with van der Waals surface area (Å²) in [4.78, 5) is 39.0. The highest BCUT2D eigenvalue weighted by atomic mass is 16.6. The molecule has 2 amide bonds. The van der Waals surface area contributed by atoms with Gasteiger partial charge in [-0.3, -0.25) is 14.5 Å². The Morgan fingerprint density at radius 1 is 1.15 bits per heavy atom. The Bertz CT molecular complexity index is 953. The number of nitrogens with zero attached hydrogens (tertiary/aromatic N) is 1. The first-order valence-corrected chi connectivity index (χ1v) is 8.95. The van der Waals surface area contributed by atoms with E-state index in [1.54, 1.807) is 24.3 Å². The standard InChI is InChI=1S/C21H20N2O4/c1-12-7-8-13(2)16(11-12)22-19(25)17-9-10-18(24)23(17)20-14-5-3-4-6-15(14)21(26)27-20/h3-8,11,17,20H,9-10H2,1-2H3,(H,22,25)/t17-,20+/m0/s1. The highest BCUT2D eigenvalue weighted by Gasteiger charge is 2.46. The zero-order chi connectivity index (χ0) is 19.1. The van der Waals surface area contributed by atoms with Crippen molar-refractivity contribution in [3.8, 4) is 0 Å². The smallest absolute Gasteiger partial charge is 0.340 e. The summed E-state index contributed by atoms with van der Waals surface area (Å²) in [5, 5.41) is 2.93. The fraction of sp³-hybridized carbons (Fsp3) is 0.286. The molecule has 6 nitrogen and oxygen atoms in total. The number of amides is 2. The molecular formula is C21H20N2O4. The van der Waals surface area contributed by atoms with Crippen molar-refractivity contribution in [2.24, 2.45) is 0 Å². The summed E-state index contributed by atoms with van der Waals surface area (Å²) in [6.45, 7) is 3.87. The summed E-state index contributed by atoms with van der Waals surface area (Å²) in [5.74, 6) is -0.926. The van der Waals surface area contributed by atoms with Gasteiger partial charge >= 0.3 is 5.97 Å². The average molecular weight is 364 g/mol. The third-order valence-corrected chi connectivity index (χ3v) is 5.13. The van der Waals surface area contributed by atoms with Crippen LogP contribution in [0.5, 0.6) is 0 Å². The fourth-order valence-corrected chi connectivity index (χ4v) is 3.67. The number of likely N-dealkylation sites (tertiary alicyclic amines) is 1. The lowest BCUT2D eigenvalue weighted by Gasteiger charge is -2.29. The summed E-state index contributed by atoms with van der Waals surface area (Å²) in [5.41, 5.74) is 3.78. The number of ether oxygens (including phenoxy) is 1. The van der Waals surface area contributed by atoms with Gasteiger partial charge in [0.15, 0.2) is 0 Å². The molecule has 0 bridgehead atoms. The Hall–Kier alpha value is -3.15. The van der Waals surface area contributed by atoms with Gasteiger partial charge in [-0.2, -0.15) is 0 Å². The summed E-state index contributed by atoms with van der Waals surface area (Å²) in [7, 11) is 0. The third-order valence-electron chi connectivity index (χ3n) is 5.13. The lowest BCUT2D eigenvalue weighted by molar-refractivity contribution is -0.144. The predicted octanol–water partition coefficient (Wildman–Crippen LogP) is 3.10. The number of aryl methyl sites for hydroxylation is 2. The molecule has 0 spiro atoms. The van der Waals surface area contributed by atoms with E-state index in [-0.39, 0.29) is 18.2 Å². The van der Waals surface area contributed by atoms with Crippen LogP contribution >= 0.6 is 0 Å². The molecule has 27 heavy (non-hydrogen) atoms. The van der Waals surface area contributed by atoms with Crippen LogP contribution < -0.4 is 5.32 Å². The van der Waals surface area contributed by atoms with Crippen LogP contribution in [0.2, 0.25) is 0 Å². The Balaban J connectivity index is 1.62. The number of nitrogens with one attached hydrogen (secondary N) is 1. The van der Waals surface area contributed by atoms with E-state index in [1.165, 1.54) is 4.90 Å². The number of fused-ring (bicyclic) bond motifs is 1. The second-order valence-electron chi connectivity index (χ2n) is 7.01. The quantitative estimate of drug-likeness (QED) is 0.849. The zero-order valence-electron chi connectivity index (χ0n) is 15.2. The van der Waals surface area contributed by atoms with Gasteiger partial charge in [0, 0.05) is 17.7 Å². The molecule has 4 rings (SSSR count). The van der Waals surface area contributed by atoms with Crippen molar-refractivity contribution >= 4 is 23.5 Å². The van der Waals surface area contributed by atoms with Crippen LogP contribution in [0.15, 0.2) is 42.5 Å². The SMILES string of the molecule is Cc1ccc(C)c(NC(=O)[C@@H]2CCC(=O)N2[C@@H]2OC(=O)c3ccccc32)c1. The number of hydrogen-bond donors (Lipinski definition) is 1. The largest absolute Gasteiger partial charge is 0.433 e. The van der Waals surface area contributed by atoms with Gasteiger partial charge in [-0.1, -0.05) is 30.3 Å². The lowest BCUT2D eigenvalue weighted by atomic mass is 10.1. The molecule has 2 heterocycles. The van der Waals surface area contributed by atoms with Gasteiger partial charge in [0.1, 0.15) is 6.04 Å². The van der Waals surface area contributed by atoms with Crippen molar-refractivity contribution < 1.29 is 19.1 Å². The molecule has 1 N–H and O–H groups in total. The monoisotopic (exact) mass is 364 g/mol. The molecule has 138 valence electrons. The van der Waals surface area contributed by atoms with Crippen molar-refractivity contribution in [3.05, 3.63) is 64.7 Å². The van der Waals surface area contributed by atoms with E-state index < -0.39 is 18.2 Å². The predicted molar refractivity (Wildman–Crippen MR) is 99.0 cm³/mol. The Labute approximate surface area is 157 Å². The average Bonchev–Trinajstić information content (AvgIpc) is 3.18. The number of carbonyl (C=O) groups excluding carboxylic acids is 3. The van der Waals surface area contributed by atoms with E-state index in [2.05, 4.69) is 5.32 Å². The number of benzene rings is 2. The second-order valence-corrected chi connectivity index (χ2v) is 7.01. The van der Waals surface area contributed by atoms with Crippen molar-refractivity contribution in [1.29, 1.82) is 0 Å². The Kier molecular flexibility index (Phi) is 4.18. The maximum Gasteiger partial charge on any atom is 0.340 e. The van der Waals surface area contributed by atoms with Crippen molar-refractivity contribution in [3.63, 3.8) is 0 Å². The normalized spacial score (nSPS) is 21.2. The van der Waals surface area contributed by atoms with Gasteiger partial charge < -0.3 is 10.1 Å². The maximum atomic E-state index is 12.9. The molecule has 2 aliphatic heterocycles. The van der Waals surface area contributed by atoms with E-state index in [4.69, 9.17) is 4.74 Å². The number of hydrogen-bond acceptors (Lipinski definition) is 4. The minimum atomic E-state index is -0.849. The highest BCUT2D eigenvalue weighted by molar-refractivity contribution is 6.00. The Morgan fingerprint density at radius 2 is 1.93 bits per heavy atom. The van der Waals surface area contributed by atoms with Gasteiger partial charge in [-0.15, -0.1) is 0 Å².